The van der Waals surface area contributed by atoms with Gasteiger partial charge in [0.2, 0.25) is 5.88 Å². The molecule has 0 amide bonds. The molecule has 126 valence electrons. The molecule has 1 aromatic heterocycles. The highest BCUT2D eigenvalue weighted by atomic mass is 16.5. The molecule has 5 nitrogen and oxygen atoms in total. The quantitative estimate of drug-likeness (QED) is 0.940. The van der Waals surface area contributed by atoms with Crippen LogP contribution in [0.3, 0.4) is 0 Å². The Morgan fingerprint density at radius 3 is 2.79 bits per heavy atom. The van der Waals surface area contributed by atoms with Gasteiger partial charge < -0.3 is 14.7 Å². The van der Waals surface area contributed by atoms with Crippen LogP contribution in [0.2, 0.25) is 0 Å². The monoisotopic (exact) mass is 325 g/mol. The summed E-state index contributed by atoms with van der Waals surface area (Å²) in [6, 6.07) is 10.5. The van der Waals surface area contributed by atoms with Crippen molar-refractivity contribution in [2.24, 2.45) is 5.92 Å². The van der Waals surface area contributed by atoms with E-state index in [2.05, 4.69) is 46.1 Å². The Morgan fingerprint density at radius 1 is 1.17 bits per heavy atom. The zero-order chi connectivity index (χ0) is 16.5. The Labute approximate surface area is 142 Å². The Morgan fingerprint density at radius 2 is 2.00 bits per heavy atom. The van der Waals surface area contributed by atoms with Gasteiger partial charge in [0.1, 0.15) is 18.2 Å². The SMILES string of the molecule is C[C@H]1C[C@@H](Oc2cc(N3CCc4ccccc4C3)ncn2)C[C@@H]1O. The lowest BCUT2D eigenvalue weighted by molar-refractivity contribution is 0.128. The second-order valence-corrected chi connectivity index (χ2v) is 6.91. The predicted octanol–water partition coefficient (Wildman–Crippen LogP) is 2.58. The molecule has 4 rings (SSSR count). The van der Waals surface area contributed by atoms with Crippen LogP contribution in [-0.2, 0) is 13.0 Å². The van der Waals surface area contributed by atoms with E-state index in [0.29, 0.717) is 12.3 Å². The van der Waals surface area contributed by atoms with Crippen LogP contribution in [0.4, 0.5) is 5.82 Å². The molecule has 1 aliphatic carbocycles. The first kappa shape index (κ1) is 15.4. The zero-order valence-electron chi connectivity index (χ0n) is 13.9. The molecular formula is C19H23N3O2. The minimum absolute atomic E-state index is 0.0415. The first-order valence-electron chi connectivity index (χ1n) is 8.67. The van der Waals surface area contributed by atoms with Gasteiger partial charge in [-0.3, -0.25) is 0 Å². The Balaban J connectivity index is 1.47. The van der Waals surface area contributed by atoms with E-state index in [1.807, 2.05) is 6.07 Å². The molecule has 0 radical (unpaired) electrons. The second kappa shape index (κ2) is 6.40. The number of fused-ring (bicyclic) bond motifs is 1. The van der Waals surface area contributed by atoms with Crippen molar-refractivity contribution in [2.75, 3.05) is 11.4 Å². The molecule has 24 heavy (non-hydrogen) atoms. The first-order valence-corrected chi connectivity index (χ1v) is 8.67. The van der Waals surface area contributed by atoms with E-state index in [9.17, 15) is 5.11 Å². The number of rotatable bonds is 3. The van der Waals surface area contributed by atoms with Gasteiger partial charge in [-0.2, -0.15) is 0 Å². The fourth-order valence-electron chi connectivity index (χ4n) is 3.70. The Bertz CT molecular complexity index is 711. The molecule has 2 heterocycles. The molecular weight excluding hydrogens is 302 g/mol. The van der Waals surface area contributed by atoms with Crippen LogP contribution in [0.15, 0.2) is 36.7 Å². The number of anilines is 1. The highest BCUT2D eigenvalue weighted by Gasteiger charge is 2.31. The van der Waals surface area contributed by atoms with Crippen LogP contribution >= 0.6 is 0 Å². The number of nitrogens with zero attached hydrogens (tertiary/aromatic N) is 3. The fraction of sp³-hybridized carbons (Fsp3) is 0.474. The van der Waals surface area contributed by atoms with Crippen LogP contribution in [0.1, 0.15) is 30.9 Å². The molecule has 0 spiro atoms. The normalized spacial score (nSPS) is 26.2. The van der Waals surface area contributed by atoms with Crippen LogP contribution in [0.5, 0.6) is 5.88 Å². The molecule has 2 aliphatic rings. The highest BCUT2D eigenvalue weighted by Crippen LogP contribution is 2.30. The van der Waals surface area contributed by atoms with Gasteiger partial charge in [-0.05, 0) is 29.9 Å². The standard InChI is InChI=1S/C19H23N3O2/c1-13-8-16(9-17(13)23)24-19-10-18(20-12-21-19)22-7-6-14-4-2-3-5-15(14)11-22/h2-5,10,12-13,16-17,23H,6-9,11H2,1H3/t13-,16+,17-/m0/s1. The van der Waals surface area contributed by atoms with E-state index in [1.165, 1.54) is 11.1 Å². The van der Waals surface area contributed by atoms with Gasteiger partial charge >= 0.3 is 0 Å². The van der Waals surface area contributed by atoms with Crippen LogP contribution in [-0.4, -0.2) is 33.8 Å². The number of hydrogen-bond donors (Lipinski definition) is 1. The molecule has 0 unspecified atom stereocenters. The molecule has 1 aliphatic heterocycles. The second-order valence-electron chi connectivity index (χ2n) is 6.91. The lowest BCUT2D eigenvalue weighted by Gasteiger charge is -2.29. The van der Waals surface area contributed by atoms with Crippen LogP contribution in [0, 0.1) is 5.92 Å². The average Bonchev–Trinajstić information content (AvgIpc) is 2.92. The molecule has 1 saturated carbocycles. The minimum Gasteiger partial charge on any atom is -0.474 e. The van der Waals surface area contributed by atoms with Gasteiger partial charge in [0.15, 0.2) is 0 Å². The summed E-state index contributed by atoms with van der Waals surface area (Å²) in [6.45, 7) is 3.88. The molecule has 5 heteroatoms. The van der Waals surface area contributed by atoms with E-state index in [4.69, 9.17) is 4.74 Å². The van der Waals surface area contributed by atoms with Crippen LogP contribution in [0.25, 0.3) is 0 Å². The van der Waals surface area contributed by atoms with Gasteiger partial charge in [0.05, 0.1) is 6.10 Å². The summed E-state index contributed by atoms with van der Waals surface area (Å²) in [5.74, 6) is 1.79. The Hall–Kier alpha value is -2.14. The maximum Gasteiger partial charge on any atom is 0.218 e. The van der Waals surface area contributed by atoms with Crippen molar-refractivity contribution in [2.45, 2.75) is 44.9 Å². The zero-order valence-corrected chi connectivity index (χ0v) is 13.9. The van der Waals surface area contributed by atoms with Crippen molar-refractivity contribution in [3.05, 3.63) is 47.8 Å². The lowest BCUT2D eigenvalue weighted by Crippen LogP contribution is -2.31. The van der Waals surface area contributed by atoms with Gasteiger partial charge in [-0.25, -0.2) is 9.97 Å². The van der Waals surface area contributed by atoms with E-state index in [0.717, 1.165) is 31.7 Å². The molecule has 1 aromatic carbocycles. The molecule has 0 saturated heterocycles. The average molecular weight is 325 g/mol. The summed E-state index contributed by atoms with van der Waals surface area (Å²) in [4.78, 5) is 10.9. The molecule has 2 aromatic rings. The fourth-order valence-corrected chi connectivity index (χ4v) is 3.70. The molecule has 0 bridgehead atoms. The lowest BCUT2D eigenvalue weighted by atomic mass is 10.00. The van der Waals surface area contributed by atoms with E-state index < -0.39 is 0 Å². The first-order chi connectivity index (χ1) is 11.7. The summed E-state index contributed by atoms with van der Waals surface area (Å²) < 4.78 is 5.98. The number of aromatic nitrogens is 2. The van der Waals surface area contributed by atoms with Crippen molar-refractivity contribution in [3.63, 3.8) is 0 Å². The van der Waals surface area contributed by atoms with Crippen molar-refractivity contribution >= 4 is 5.82 Å². The number of benzene rings is 1. The van der Waals surface area contributed by atoms with E-state index >= 15 is 0 Å². The van der Waals surface area contributed by atoms with Crippen molar-refractivity contribution in [1.29, 1.82) is 0 Å². The van der Waals surface area contributed by atoms with E-state index in [1.54, 1.807) is 6.33 Å². The van der Waals surface area contributed by atoms with Crippen LogP contribution < -0.4 is 9.64 Å². The topological polar surface area (TPSA) is 58.5 Å². The third-order valence-corrected chi connectivity index (χ3v) is 5.17. The summed E-state index contributed by atoms with van der Waals surface area (Å²) in [6.07, 6.45) is 3.92. The number of aliphatic hydroxyl groups is 1. The highest BCUT2D eigenvalue weighted by molar-refractivity contribution is 5.45. The van der Waals surface area contributed by atoms with Gasteiger partial charge in [0, 0.05) is 25.6 Å². The summed E-state index contributed by atoms with van der Waals surface area (Å²) in [5, 5.41) is 9.88. The maximum absolute atomic E-state index is 9.88. The summed E-state index contributed by atoms with van der Waals surface area (Å²) in [5.41, 5.74) is 2.78. The smallest absolute Gasteiger partial charge is 0.218 e. The van der Waals surface area contributed by atoms with Gasteiger partial charge in [-0.1, -0.05) is 31.2 Å². The van der Waals surface area contributed by atoms with Crippen molar-refractivity contribution in [3.8, 4) is 5.88 Å². The number of hydrogen-bond acceptors (Lipinski definition) is 5. The third kappa shape index (κ3) is 3.08. The molecule has 1 fully saturated rings. The summed E-state index contributed by atoms with van der Waals surface area (Å²) in [7, 11) is 0. The maximum atomic E-state index is 9.88. The van der Waals surface area contributed by atoms with E-state index in [-0.39, 0.29) is 18.1 Å². The number of ether oxygens (including phenoxy) is 1. The number of aliphatic hydroxyl groups excluding tert-OH is 1. The van der Waals surface area contributed by atoms with Gasteiger partial charge in [-0.15, -0.1) is 0 Å². The Kier molecular flexibility index (Phi) is 4.10. The summed E-state index contributed by atoms with van der Waals surface area (Å²) >= 11 is 0. The van der Waals surface area contributed by atoms with Crippen molar-refractivity contribution in [1.82, 2.24) is 9.97 Å². The minimum atomic E-state index is -0.269. The van der Waals surface area contributed by atoms with Crippen molar-refractivity contribution < 1.29 is 9.84 Å². The van der Waals surface area contributed by atoms with Gasteiger partial charge in [0.25, 0.3) is 0 Å². The third-order valence-electron chi connectivity index (χ3n) is 5.17. The largest absolute Gasteiger partial charge is 0.474 e. The predicted molar refractivity (Wildman–Crippen MR) is 92.0 cm³/mol. The molecule has 1 N–H and O–H groups in total. The molecule has 3 atom stereocenters.